The van der Waals surface area contributed by atoms with Crippen LogP contribution in [0.4, 0.5) is 5.82 Å². The number of rotatable bonds is 3. The fraction of sp³-hybridized carbons (Fsp3) is 0.692. The molecule has 1 aliphatic heterocycles. The normalized spacial score (nSPS) is 20.9. The second-order valence-electron chi connectivity index (χ2n) is 5.00. The maximum absolute atomic E-state index is 9.38. The van der Waals surface area contributed by atoms with E-state index in [1.54, 1.807) is 0 Å². The van der Waals surface area contributed by atoms with E-state index < -0.39 is 0 Å². The second-order valence-corrected chi connectivity index (χ2v) is 5.00. The number of aliphatic hydroxyl groups excluding tert-OH is 1. The molecule has 4 heteroatoms. The van der Waals surface area contributed by atoms with E-state index in [-0.39, 0.29) is 12.6 Å². The van der Waals surface area contributed by atoms with Crippen LogP contribution in [0.15, 0.2) is 12.1 Å². The molecule has 1 unspecified atom stereocenters. The Morgan fingerprint density at radius 3 is 2.76 bits per heavy atom. The molecular weight excluding hydrogens is 214 g/mol. The summed E-state index contributed by atoms with van der Waals surface area (Å²) in [4.78, 5) is 2.18. The minimum Gasteiger partial charge on any atom is -0.394 e. The summed E-state index contributed by atoms with van der Waals surface area (Å²) in [7, 11) is 0. The van der Waals surface area contributed by atoms with Gasteiger partial charge in [0.25, 0.3) is 0 Å². The molecule has 0 spiro atoms. The van der Waals surface area contributed by atoms with Crippen molar-refractivity contribution < 1.29 is 5.11 Å². The third kappa shape index (κ3) is 2.75. The van der Waals surface area contributed by atoms with E-state index in [4.69, 9.17) is 0 Å². The number of piperidine rings is 1. The van der Waals surface area contributed by atoms with Gasteiger partial charge in [0.05, 0.1) is 18.3 Å². The van der Waals surface area contributed by atoms with Crippen LogP contribution < -0.4 is 4.90 Å². The van der Waals surface area contributed by atoms with Crippen molar-refractivity contribution in [1.82, 2.24) is 10.2 Å². The van der Waals surface area contributed by atoms with Crippen molar-refractivity contribution in [3.63, 3.8) is 0 Å². The molecule has 1 N–H and O–H groups in total. The van der Waals surface area contributed by atoms with Gasteiger partial charge < -0.3 is 10.0 Å². The van der Waals surface area contributed by atoms with Crippen LogP contribution in [0.25, 0.3) is 0 Å². The molecule has 0 bridgehead atoms. The van der Waals surface area contributed by atoms with Crippen LogP contribution in [-0.4, -0.2) is 34.5 Å². The van der Waals surface area contributed by atoms with Crippen LogP contribution in [0.1, 0.15) is 44.7 Å². The lowest BCUT2D eigenvalue weighted by Gasteiger charge is -2.35. The molecule has 2 heterocycles. The van der Waals surface area contributed by atoms with Crippen LogP contribution in [-0.2, 0) is 0 Å². The van der Waals surface area contributed by atoms with Crippen LogP contribution in [0.3, 0.4) is 0 Å². The van der Waals surface area contributed by atoms with Crippen molar-refractivity contribution in [3.8, 4) is 0 Å². The quantitative estimate of drug-likeness (QED) is 0.870. The average molecular weight is 235 g/mol. The van der Waals surface area contributed by atoms with Gasteiger partial charge in [0.2, 0.25) is 0 Å². The molecule has 0 saturated carbocycles. The molecule has 1 aromatic heterocycles. The topological polar surface area (TPSA) is 49.2 Å². The first-order chi connectivity index (χ1) is 8.22. The summed E-state index contributed by atoms with van der Waals surface area (Å²) in [5, 5.41) is 17.9. The highest BCUT2D eigenvalue weighted by atomic mass is 16.3. The fourth-order valence-electron chi connectivity index (χ4n) is 2.29. The Hall–Kier alpha value is -1.16. The minimum atomic E-state index is 0.202. The van der Waals surface area contributed by atoms with Crippen LogP contribution >= 0.6 is 0 Å². The van der Waals surface area contributed by atoms with Crippen LogP contribution in [0.2, 0.25) is 0 Å². The largest absolute Gasteiger partial charge is 0.394 e. The molecule has 1 aliphatic rings. The first kappa shape index (κ1) is 12.3. The Morgan fingerprint density at radius 2 is 2.18 bits per heavy atom. The third-order valence-corrected chi connectivity index (χ3v) is 3.39. The van der Waals surface area contributed by atoms with Gasteiger partial charge in [0, 0.05) is 6.54 Å². The Balaban J connectivity index is 2.15. The molecule has 4 nitrogen and oxygen atoms in total. The van der Waals surface area contributed by atoms with Gasteiger partial charge in [-0.25, -0.2) is 0 Å². The van der Waals surface area contributed by atoms with E-state index in [1.807, 2.05) is 12.1 Å². The maximum atomic E-state index is 9.38. The van der Waals surface area contributed by atoms with Crippen molar-refractivity contribution in [2.75, 3.05) is 18.1 Å². The van der Waals surface area contributed by atoms with Crippen LogP contribution in [0, 0.1) is 0 Å². The van der Waals surface area contributed by atoms with Gasteiger partial charge in [-0.05, 0) is 37.3 Å². The zero-order valence-corrected chi connectivity index (χ0v) is 10.6. The SMILES string of the molecule is CC(C)c1ccc(N2CCCCC2CO)nn1. The van der Waals surface area contributed by atoms with Gasteiger partial charge in [0.15, 0.2) is 5.82 Å². The van der Waals surface area contributed by atoms with E-state index >= 15 is 0 Å². The predicted molar refractivity (Wildman–Crippen MR) is 68.2 cm³/mol. The highest BCUT2D eigenvalue weighted by Crippen LogP contribution is 2.23. The summed E-state index contributed by atoms with van der Waals surface area (Å²) in [5.41, 5.74) is 1.02. The molecule has 1 atom stereocenters. The van der Waals surface area contributed by atoms with E-state index in [0.717, 1.165) is 24.5 Å². The van der Waals surface area contributed by atoms with E-state index in [0.29, 0.717) is 5.92 Å². The van der Waals surface area contributed by atoms with E-state index in [2.05, 4.69) is 28.9 Å². The maximum Gasteiger partial charge on any atom is 0.151 e. The van der Waals surface area contributed by atoms with Gasteiger partial charge in [-0.2, -0.15) is 5.10 Å². The smallest absolute Gasteiger partial charge is 0.151 e. The number of hydrogen-bond donors (Lipinski definition) is 1. The minimum absolute atomic E-state index is 0.202. The number of nitrogens with zero attached hydrogens (tertiary/aromatic N) is 3. The van der Waals surface area contributed by atoms with E-state index in [1.165, 1.54) is 12.8 Å². The summed E-state index contributed by atoms with van der Waals surface area (Å²) in [5.74, 6) is 1.31. The molecule has 1 aromatic rings. The lowest BCUT2D eigenvalue weighted by Crippen LogP contribution is -2.42. The van der Waals surface area contributed by atoms with Crippen LogP contribution in [0.5, 0.6) is 0 Å². The van der Waals surface area contributed by atoms with E-state index in [9.17, 15) is 5.11 Å². The van der Waals surface area contributed by atoms with Crippen molar-refractivity contribution >= 4 is 5.82 Å². The molecule has 17 heavy (non-hydrogen) atoms. The number of anilines is 1. The molecule has 1 fully saturated rings. The van der Waals surface area contributed by atoms with Gasteiger partial charge >= 0.3 is 0 Å². The standard InChI is InChI=1S/C13H21N3O/c1-10(2)12-6-7-13(15-14-12)16-8-4-3-5-11(16)9-17/h6-7,10-11,17H,3-5,8-9H2,1-2H3. The lowest BCUT2D eigenvalue weighted by atomic mass is 10.0. The Labute approximate surface area is 103 Å². The molecule has 2 rings (SSSR count). The second kappa shape index (κ2) is 5.45. The predicted octanol–water partition coefficient (Wildman–Crippen LogP) is 1.95. The zero-order valence-electron chi connectivity index (χ0n) is 10.6. The molecule has 0 aromatic carbocycles. The van der Waals surface area contributed by atoms with Crippen molar-refractivity contribution in [1.29, 1.82) is 0 Å². The molecule has 0 amide bonds. The van der Waals surface area contributed by atoms with Crippen molar-refractivity contribution in [3.05, 3.63) is 17.8 Å². The van der Waals surface area contributed by atoms with Gasteiger partial charge in [-0.15, -0.1) is 5.10 Å². The molecule has 94 valence electrons. The zero-order chi connectivity index (χ0) is 12.3. The molecular formula is C13H21N3O. The van der Waals surface area contributed by atoms with Crippen molar-refractivity contribution in [2.24, 2.45) is 0 Å². The first-order valence-corrected chi connectivity index (χ1v) is 6.43. The fourth-order valence-corrected chi connectivity index (χ4v) is 2.29. The monoisotopic (exact) mass is 235 g/mol. The Kier molecular flexibility index (Phi) is 3.94. The highest BCUT2D eigenvalue weighted by Gasteiger charge is 2.23. The molecule has 0 aliphatic carbocycles. The average Bonchev–Trinajstić information content (AvgIpc) is 2.39. The summed E-state index contributed by atoms with van der Waals surface area (Å²) in [6, 6.07) is 4.27. The van der Waals surface area contributed by atoms with Gasteiger partial charge in [-0.3, -0.25) is 0 Å². The lowest BCUT2D eigenvalue weighted by molar-refractivity contribution is 0.239. The third-order valence-electron chi connectivity index (χ3n) is 3.39. The van der Waals surface area contributed by atoms with Crippen molar-refractivity contribution in [2.45, 2.75) is 45.1 Å². The molecule has 1 saturated heterocycles. The summed E-state index contributed by atoms with van der Waals surface area (Å²) < 4.78 is 0. The summed E-state index contributed by atoms with van der Waals surface area (Å²) in [6.45, 7) is 5.40. The summed E-state index contributed by atoms with van der Waals surface area (Å²) >= 11 is 0. The Morgan fingerprint density at radius 1 is 1.35 bits per heavy atom. The number of aromatic nitrogens is 2. The number of hydrogen-bond acceptors (Lipinski definition) is 4. The Bertz CT molecular complexity index is 350. The molecule has 0 radical (unpaired) electrons. The number of aliphatic hydroxyl groups is 1. The highest BCUT2D eigenvalue weighted by molar-refractivity contribution is 5.39. The van der Waals surface area contributed by atoms with Gasteiger partial charge in [-0.1, -0.05) is 13.8 Å². The van der Waals surface area contributed by atoms with Gasteiger partial charge in [0.1, 0.15) is 0 Å². The first-order valence-electron chi connectivity index (χ1n) is 6.43. The summed E-state index contributed by atoms with van der Waals surface area (Å²) in [6.07, 6.45) is 3.41.